The maximum atomic E-state index is 5.58. The fraction of sp³-hybridized carbons (Fsp3) is 0.250. The predicted octanol–water partition coefficient (Wildman–Crippen LogP) is 2.58. The fourth-order valence-corrected chi connectivity index (χ4v) is 2.27. The Labute approximate surface area is 103 Å². The topological polar surface area (TPSA) is 43.8 Å². The maximum Gasteiger partial charge on any atom is 0.0827 e. The van der Waals surface area contributed by atoms with Crippen LogP contribution >= 0.6 is 15.9 Å². The zero-order valence-corrected chi connectivity index (χ0v) is 10.7. The van der Waals surface area contributed by atoms with Crippen molar-refractivity contribution in [3.8, 4) is 11.3 Å². The van der Waals surface area contributed by atoms with Crippen molar-refractivity contribution in [3.05, 3.63) is 40.5 Å². The molecule has 0 atom stereocenters. The molecule has 0 aliphatic carbocycles. The number of rotatable bonds is 3. The normalized spacial score (nSPS) is 10.7. The van der Waals surface area contributed by atoms with E-state index in [0.717, 1.165) is 16.7 Å². The van der Waals surface area contributed by atoms with E-state index in [0.29, 0.717) is 6.54 Å². The lowest BCUT2D eigenvalue weighted by Crippen LogP contribution is -2.12. The summed E-state index contributed by atoms with van der Waals surface area (Å²) in [4.78, 5) is 0. The van der Waals surface area contributed by atoms with Crippen molar-refractivity contribution in [3.63, 3.8) is 0 Å². The Morgan fingerprint density at radius 2 is 2.12 bits per heavy atom. The van der Waals surface area contributed by atoms with Crippen molar-refractivity contribution in [1.82, 2.24) is 9.78 Å². The zero-order chi connectivity index (χ0) is 11.5. The summed E-state index contributed by atoms with van der Waals surface area (Å²) in [6.45, 7) is 3.42. The molecule has 0 aliphatic heterocycles. The molecule has 0 saturated carbocycles. The average Bonchev–Trinajstić information content (AvgIpc) is 2.62. The number of benzene rings is 1. The number of halogens is 1. The van der Waals surface area contributed by atoms with Crippen LogP contribution in [-0.2, 0) is 6.54 Å². The Balaban J connectivity index is 2.54. The number of hydrogen-bond acceptors (Lipinski definition) is 2. The van der Waals surface area contributed by atoms with Crippen LogP contribution in [0.25, 0.3) is 11.3 Å². The van der Waals surface area contributed by atoms with Gasteiger partial charge in [0.05, 0.1) is 22.9 Å². The minimum Gasteiger partial charge on any atom is -0.329 e. The van der Waals surface area contributed by atoms with Crippen LogP contribution in [0.4, 0.5) is 0 Å². The molecule has 2 aromatic rings. The van der Waals surface area contributed by atoms with Crippen LogP contribution in [0.2, 0.25) is 0 Å². The number of aryl methyl sites for hydroxylation is 1. The first-order valence-electron chi connectivity index (χ1n) is 5.21. The Kier molecular flexibility index (Phi) is 3.41. The monoisotopic (exact) mass is 279 g/mol. The number of aromatic nitrogens is 2. The molecule has 0 amide bonds. The van der Waals surface area contributed by atoms with E-state index in [9.17, 15) is 0 Å². The van der Waals surface area contributed by atoms with Crippen molar-refractivity contribution in [2.24, 2.45) is 5.73 Å². The summed E-state index contributed by atoms with van der Waals surface area (Å²) in [7, 11) is 0. The summed E-state index contributed by atoms with van der Waals surface area (Å²) in [5.74, 6) is 0. The number of hydrogen-bond donors (Lipinski definition) is 1. The van der Waals surface area contributed by atoms with E-state index >= 15 is 0 Å². The molecule has 2 rings (SSSR count). The van der Waals surface area contributed by atoms with Gasteiger partial charge in [0.25, 0.3) is 0 Å². The van der Waals surface area contributed by atoms with Crippen molar-refractivity contribution >= 4 is 15.9 Å². The van der Waals surface area contributed by atoms with Crippen molar-refractivity contribution in [2.45, 2.75) is 13.5 Å². The molecule has 0 bridgehead atoms. The van der Waals surface area contributed by atoms with Crippen LogP contribution in [0.3, 0.4) is 0 Å². The first-order chi connectivity index (χ1) is 7.74. The SMILES string of the molecule is Cc1ccccc1-c1c(Br)cnn1CCN. The molecule has 1 aromatic heterocycles. The minimum absolute atomic E-state index is 0.590. The fourth-order valence-electron chi connectivity index (χ4n) is 1.76. The van der Waals surface area contributed by atoms with Gasteiger partial charge in [0, 0.05) is 12.1 Å². The maximum absolute atomic E-state index is 5.58. The van der Waals surface area contributed by atoms with Gasteiger partial charge in [-0.1, -0.05) is 24.3 Å². The highest BCUT2D eigenvalue weighted by atomic mass is 79.9. The highest BCUT2D eigenvalue weighted by Gasteiger charge is 2.12. The van der Waals surface area contributed by atoms with Gasteiger partial charge in [0.1, 0.15) is 0 Å². The summed E-state index contributed by atoms with van der Waals surface area (Å²) < 4.78 is 2.95. The van der Waals surface area contributed by atoms with Crippen molar-refractivity contribution in [1.29, 1.82) is 0 Å². The third-order valence-electron chi connectivity index (χ3n) is 2.54. The molecule has 3 nitrogen and oxygen atoms in total. The lowest BCUT2D eigenvalue weighted by molar-refractivity contribution is 0.631. The van der Waals surface area contributed by atoms with Crippen LogP contribution in [0.1, 0.15) is 5.56 Å². The largest absolute Gasteiger partial charge is 0.329 e. The highest BCUT2D eigenvalue weighted by Crippen LogP contribution is 2.30. The smallest absolute Gasteiger partial charge is 0.0827 e. The summed E-state index contributed by atoms with van der Waals surface area (Å²) in [5, 5.41) is 4.31. The van der Waals surface area contributed by atoms with E-state index in [1.165, 1.54) is 11.1 Å². The van der Waals surface area contributed by atoms with Crippen LogP contribution in [0, 0.1) is 6.92 Å². The summed E-state index contributed by atoms with van der Waals surface area (Å²) >= 11 is 3.53. The predicted molar refractivity (Wildman–Crippen MR) is 69.2 cm³/mol. The van der Waals surface area contributed by atoms with Crippen LogP contribution in [0.5, 0.6) is 0 Å². The molecule has 0 saturated heterocycles. The third kappa shape index (κ3) is 2.03. The first-order valence-corrected chi connectivity index (χ1v) is 6.00. The Morgan fingerprint density at radius 3 is 2.81 bits per heavy atom. The summed E-state index contributed by atoms with van der Waals surface area (Å²) in [6, 6.07) is 8.27. The van der Waals surface area contributed by atoms with E-state index in [4.69, 9.17) is 5.73 Å². The molecular weight excluding hydrogens is 266 g/mol. The van der Waals surface area contributed by atoms with E-state index < -0.39 is 0 Å². The molecule has 0 spiro atoms. The Hall–Kier alpha value is -1.13. The van der Waals surface area contributed by atoms with Crippen LogP contribution < -0.4 is 5.73 Å². The van der Waals surface area contributed by atoms with Crippen LogP contribution in [0.15, 0.2) is 34.9 Å². The van der Waals surface area contributed by atoms with Gasteiger partial charge in [-0.15, -0.1) is 0 Å². The molecule has 0 aliphatic rings. The van der Waals surface area contributed by atoms with Crippen LogP contribution in [-0.4, -0.2) is 16.3 Å². The van der Waals surface area contributed by atoms with Gasteiger partial charge in [0.15, 0.2) is 0 Å². The van der Waals surface area contributed by atoms with Gasteiger partial charge in [-0.25, -0.2) is 0 Å². The molecule has 0 radical (unpaired) electrons. The van der Waals surface area contributed by atoms with Gasteiger partial charge in [-0.2, -0.15) is 5.10 Å². The molecule has 0 unspecified atom stereocenters. The Bertz CT molecular complexity index is 491. The number of nitrogens with two attached hydrogens (primary N) is 1. The molecule has 1 aromatic carbocycles. The second-order valence-corrected chi connectivity index (χ2v) is 4.52. The summed E-state index contributed by atoms with van der Waals surface area (Å²) in [5.41, 5.74) is 9.11. The van der Waals surface area contributed by atoms with Gasteiger partial charge in [-0.05, 0) is 28.4 Å². The molecule has 0 fully saturated rings. The van der Waals surface area contributed by atoms with Gasteiger partial charge in [0.2, 0.25) is 0 Å². The molecular formula is C12H14BrN3. The standard InChI is InChI=1S/C12H14BrN3/c1-9-4-2-3-5-10(9)12-11(13)8-15-16(12)7-6-14/h2-5,8H,6-7,14H2,1H3. The molecule has 16 heavy (non-hydrogen) atoms. The Morgan fingerprint density at radius 1 is 1.38 bits per heavy atom. The second kappa shape index (κ2) is 4.80. The van der Waals surface area contributed by atoms with E-state index in [-0.39, 0.29) is 0 Å². The quantitative estimate of drug-likeness (QED) is 0.939. The van der Waals surface area contributed by atoms with Gasteiger partial charge in [-0.3, -0.25) is 4.68 Å². The molecule has 4 heteroatoms. The average molecular weight is 280 g/mol. The highest BCUT2D eigenvalue weighted by molar-refractivity contribution is 9.10. The molecule has 2 N–H and O–H groups in total. The summed E-state index contributed by atoms with van der Waals surface area (Å²) in [6.07, 6.45) is 1.82. The molecule has 84 valence electrons. The lowest BCUT2D eigenvalue weighted by Gasteiger charge is -2.09. The van der Waals surface area contributed by atoms with E-state index in [1.54, 1.807) is 0 Å². The van der Waals surface area contributed by atoms with Gasteiger partial charge >= 0.3 is 0 Å². The number of nitrogens with zero attached hydrogens (tertiary/aromatic N) is 2. The second-order valence-electron chi connectivity index (χ2n) is 3.67. The lowest BCUT2D eigenvalue weighted by atomic mass is 10.1. The van der Waals surface area contributed by atoms with E-state index in [2.05, 4.69) is 40.1 Å². The van der Waals surface area contributed by atoms with E-state index in [1.807, 2.05) is 23.0 Å². The first kappa shape index (κ1) is 11.4. The zero-order valence-electron chi connectivity index (χ0n) is 9.15. The van der Waals surface area contributed by atoms with Crippen molar-refractivity contribution in [2.75, 3.05) is 6.54 Å². The minimum atomic E-state index is 0.590. The molecule has 1 heterocycles. The third-order valence-corrected chi connectivity index (χ3v) is 3.12. The van der Waals surface area contributed by atoms with Crippen molar-refractivity contribution < 1.29 is 0 Å². The van der Waals surface area contributed by atoms with Gasteiger partial charge < -0.3 is 5.73 Å².